The Kier molecular flexibility index (Phi) is 3.72. The summed E-state index contributed by atoms with van der Waals surface area (Å²) in [5.74, 6) is 0. The smallest absolute Gasteiger partial charge is 0.0704 e. The van der Waals surface area contributed by atoms with E-state index in [1.807, 2.05) is 0 Å². The fraction of sp³-hybridized carbons (Fsp3) is 1.00. The summed E-state index contributed by atoms with van der Waals surface area (Å²) >= 11 is 0. The van der Waals surface area contributed by atoms with Crippen LogP contribution in [0.5, 0.6) is 0 Å². The first kappa shape index (κ1) is 7.98. The van der Waals surface area contributed by atoms with E-state index < -0.39 is 0 Å². The van der Waals surface area contributed by atoms with Gasteiger partial charge in [-0.2, -0.15) is 0 Å². The van der Waals surface area contributed by atoms with Gasteiger partial charge in [-0.05, 0) is 12.8 Å². The molecule has 1 aliphatic rings. The van der Waals surface area contributed by atoms with Crippen LogP contribution in [-0.2, 0) is 9.47 Å². The minimum Gasteiger partial charge on any atom is -0.378 e. The third-order valence-corrected chi connectivity index (χ3v) is 1.37. The van der Waals surface area contributed by atoms with Crippen molar-refractivity contribution in [3.63, 3.8) is 0 Å². The maximum absolute atomic E-state index is 5.33. The maximum atomic E-state index is 5.33. The Morgan fingerprint density at radius 3 is 2.60 bits per heavy atom. The van der Waals surface area contributed by atoms with Gasteiger partial charge in [0.05, 0.1) is 25.9 Å². The molecule has 0 bridgehead atoms. The summed E-state index contributed by atoms with van der Waals surface area (Å²) < 4.78 is 10.4. The molecule has 0 amide bonds. The number of ether oxygens (including phenoxy) is 2. The normalized spacial score (nSPS) is 17.7. The van der Waals surface area contributed by atoms with Crippen molar-refractivity contribution >= 4 is 0 Å². The van der Waals surface area contributed by atoms with E-state index in [9.17, 15) is 0 Å². The summed E-state index contributed by atoms with van der Waals surface area (Å²) in [6.45, 7) is 2.66. The summed E-state index contributed by atoms with van der Waals surface area (Å²) in [4.78, 5) is 0. The average Bonchev–Trinajstić information content (AvgIpc) is 2.71. The van der Waals surface area contributed by atoms with Gasteiger partial charge in [-0.3, -0.25) is 0 Å². The van der Waals surface area contributed by atoms with Gasteiger partial charge >= 0.3 is 0 Å². The van der Waals surface area contributed by atoms with Crippen molar-refractivity contribution in [1.29, 1.82) is 0 Å². The fourth-order valence-corrected chi connectivity index (χ4v) is 0.694. The van der Waals surface area contributed by atoms with Gasteiger partial charge in [-0.25, -0.2) is 0 Å². The van der Waals surface area contributed by atoms with Crippen LogP contribution in [0.3, 0.4) is 0 Å². The third kappa shape index (κ3) is 3.82. The number of hydrogen-bond donors (Lipinski definition) is 1. The molecule has 0 spiro atoms. The number of rotatable bonds is 6. The minimum absolute atomic E-state index is 0.543. The van der Waals surface area contributed by atoms with Crippen molar-refractivity contribution in [3.8, 4) is 0 Å². The van der Waals surface area contributed by atoms with E-state index in [4.69, 9.17) is 15.2 Å². The van der Waals surface area contributed by atoms with Crippen LogP contribution >= 0.6 is 0 Å². The highest BCUT2D eigenvalue weighted by Gasteiger charge is 2.21. The molecule has 60 valence electrons. The second-order valence-electron chi connectivity index (χ2n) is 2.47. The van der Waals surface area contributed by atoms with E-state index >= 15 is 0 Å². The second-order valence-corrected chi connectivity index (χ2v) is 2.47. The monoisotopic (exact) mass is 145 g/mol. The van der Waals surface area contributed by atoms with E-state index in [1.54, 1.807) is 0 Å². The molecule has 0 aromatic carbocycles. The molecule has 1 aliphatic carbocycles. The van der Waals surface area contributed by atoms with Crippen LogP contribution in [0.15, 0.2) is 0 Å². The van der Waals surface area contributed by atoms with E-state index in [-0.39, 0.29) is 0 Å². The molecule has 1 rings (SSSR count). The lowest BCUT2D eigenvalue weighted by atomic mass is 10.7. The molecule has 0 radical (unpaired) electrons. The lowest BCUT2D eigenvalue weighted by Crippen LogP contribution is -2.12. The Morgan fingerprint density at radius 2 is 2.00 bits per heavy atom. The molecule has 10 heavy (non-hydrogen) atoms. The lowest BCUT2D eigenvalue weighted by Gasteiger charge is -2.01. The Hall–Kier alpha value is -0.120. The maximum Gasteiger partial charge on any atom is 0.0704 e. The molecule has 0 saturated heterocycles. The molecule has 1 fully saturated rings. The van der Waals surface area contributed by atoms with Crippen molar-refractivity contribution in [2.45, 2.75) is 18.9 Å². The molecule has 0 heterocycles. The largest absolute Gasteiger partial charge is 0.378 e. The van der Waals surface area contributed by atoms with Gasteiger partial charge in [-0.1, -0.05) is 0 Å². The molecule has 0 aliphatic heterocycles. The van der Waals surface area contributed by atoms with Crippen molar-refractivity contribution in [2.24, 2.45) is 5.73 Å². The van der Waals surface area contributed by atoms with Gasteiger partial charge in [0.1, 0.15) is 0 Å². The van der Waals surface area contributed by atoms with E-state index in [1.165, 1.54) is 12.8 Å². The molecule has 0 atom stereocenters. The highest BCUT2D eigenvalue weighted by atomic mass is 16.5. The van der Waals surface area contributed by atoms with Crippen molar-refractivity contribution in [2.75, 3.05) is 26.4 Å². The molecular formula is C7H15NO2. The highest BCUT2D eigenvalue weighted by Crippen LogP contribution is 2.22. The molecule has 0 aromatic rings. The van der Waals surface area contributed by atoms with Crippen LogP contribution in [0.1, 0.15) is 12.8 Å². The molecule has 1 saturated carbocycles. The number of nitrogens with two attached hydrogens (primary N) is 1. The van der Waals surface area contributed by atoms with Crippen LogP contribution < -0.4 is 5.73 Å². The first-order valence-electron chi connectivity index (χ1n) is 3.83. The standard InChI is InChI=1S/C7H15NO2/c8-3-4-9-5-6-10-7-1-2-7/h7H,1-6,8H2. The van der Waals surface area contributed by atoms with Crippen LogP contribution in [0, 0.1) is 0 Å². The minimum atomic E-state index is 0.543. The SMILES string of the molecule is NCCOCCOC1CC1. The molecular weight excluding hydrogens is 130 g/mol. The Bertz CT molecular complexity index is 83.7. The first-order valence-corrected chi connectivity index (χ1v) is 3.83. The second kappa shape index (κ2) is 4.66. The summed E-state index contributed by atoms with van der Waals surface area (Å²) in [5, 5.41) is 0. The lowest BCUT2D eigenvalue weighted by molar-refractivity contribution is 0.0430. The zero-order valence-corrected chi connectivity index (χ0v) is 6.21. The Balaban J connectivity index is 1.68. The summed E-state index contributed by atoms with van der Waals surface area (Å²) in [6.07, 6.45) is 3.01. The van der Waals surface area contributed by atoms with Crippen molar-refractivity contribution < 1.29 is 9.47 Å². The van der Waals surface area contributed by atoms with Crippen molar-refractivity contribution in [3.05, 3.63) is 0 Å². The summed E-state index contributed by atoms with van der Waals surface area (Å²) in [7, 11) is 0. The third-order valence-electron chi connectivity index (χ3n) is 1.37. The quantitative estimate of drug-likeness (QED) is 0.541. The molecule has 0 unspecified atom stereocenters. The zero-order valence-electron chi connectivity index (χ0n) is 6.21. The number of hydrogen-bond acceptors (Lipinski definition) is 3. The van der Waals surface area contributed by atoms with Gasteiger partial charge in [0.2, 0.25) is 0 Å². The molecule has 3 nitrogen and oxygen atoms in total. The predicted octanol–water partition coefficient (Wildman–Crippen LogP) is 0.141. The Morgan fingerprint density at radius 1 is 1.20 bits per heavy atom. The highest BCUT2D eigenvalue weighted by molar-refractivity contribution is 4.72. The van der Waals surface area contributed by atoms with Gasteiger partial charge in [0.25, 0.3) is 0 Å². The first-order chi connectivity index (χ1) is 4.93. The van der Waals surface area contributed by atoms with Gasteiger partial charge in [-0.15, -0.1) is 0 Å². The van der Waals surface area contributed by atoms with Crippen LogP contribution in [0.25, 0.3) is 0 Å². The zero-order chi connectivity index (χ0) is 7.23. The average molecular weight is 145 g/mol. The van der Waals surface area contributed by atoms with Crippen LogP contribution in [-0.4, -0.2) is 32.5 Å². The van der Waals surface area contributed by atoms with Crippen LogP contribution in [0.2, 0.25) is 0 Å². The summed E-state index contributed by atoms with van der Waals surface area (Å²) in [5.41, 5.74) is 5.22. The van der Waals surface area contributed by atoms with Crippen LogP contribution in [0.4, 0.5) is 0 Å². The Labute approximate surface area is 61.5 Å². The summed E-state index contributed by atoms with van der Waals surface area (Å²) in [6, 6.07) is 0. The predicted molar refractivity (Wildman–Crippen MR) is 38.8 cm³/mol. The molecule has 3 heteroatoms. The van der Waals surface area contributed by atoms with Crippen molar-refractivity contribution in [1.82, 2.24) is 0 Å². The van der Waals surface area contributed by atoms with Gasteiger partial charge in [0.15, 0.2) is 0 Å². The van der Waals surface area contributed by atoms with Gasteiger partial charge < -0.3 is 15.2 Å². The van der Waals surface area contributed by atoms with E-state index in [2.05, 4.69) is 0 Å². The van der Waals surface area contributed by atoms with E-state index in [0.717, 1.165) is 6.61 Å². The molecule has 2 N–H and O–H groups in total. The topological polar surface area (TPSA) is 44.5 Å². The fourth-order valence-electron chi connectivity index (χ4n) is 0.694. The van der Waals surface area contributed by atoms with Gasteiger partial charge in [0, 0.05) is 6.54 Å². The molecule has 0 aromatic heterocycles. The van der Waals surface area contributed by atoms with E-state index in [0.29, 0.717) is 25.9 Å².